The molecule has 5 aromatic rings. The number of thioether (sulfide) groups is 1. The van der Waals surface area contributed by atoms with Gasteiger partial charge in [0.15, 0.2) is 10.9 Å². The smallest absolute Gasteiger partial charge is 0.275 e. The van der Waals surface area contributed by atoms with Crippen LogP contribution in [0, 0.1) is 11.6 Å². The van der Waals surface area contributed by atoms with Crippen molar-refractivity contribution in [2.45, 2.75) is 10.9 Å². The molecule has 0 radical (unpaired) electrons. The maximum atomic E-state index is 13.8. The van der Waals surface area contributed by atoms with Gasteiger partial charge in [0.2, 0.25) is 5.82 Å². The predicted octanol–water partition coefficient (Wildman–Crippen LogP) is 5.81. The van der Waals surface area contributed by atoms with Gasteiger partial charge in [-0.15, -0.1) is 21.5 Å². The first-order valence-electron chi connectivity index (χ1n) is 9.97. The van der Waals surface area contributed by atoms with Crippen molar-refractivity contribution in [2.75, 3.05) is 5.32 Å². The zero-order chi connectivity index (χ0) is 23.5. The molecule has 0 aliphatic rings. The monoisotopic (exact) mass is 495 g/mol. The van der Waals surface area contributed by atoms with E-state index in [9.17, 15) is 13.6 Å². The zero-order valence-corrected chi connectivity index (χ0v) is 18.9. The molecule has 0 aliphatic carbocycles. The van der Waals surface area contributed by atoms with Crippen LogP contribution in [0.5, 0.6) is 0 Å². The van der Waals surface area contributed by atoms with Gasteiger partial charge in [-0.1, -0.05) is 23.9 Å². The Bertz CT molecular complexity index is 1430. The number of anilines is 1. The van der Waals surface area contributed by atoms with Crippen molar-refractivity contribution in [3.63, 3.8) is 0 Å². The summed E-state index contributed by atoms with van der Waals surface area (Å²) in [5.74, 6) is 0.0408. The van der Waals surface area contributed by atoms with E-state index in [2.05, 4.69) is 20.5 Å². The Balaban J connectivity index is 1.35. The van der Waals surface area contributed by atoms with Crippen molar-refractivity contribution in [3.05, 3.63) is 94.6 Å². The van der Waals surface area contributed by atoms with Gasteiger partial charge in [-0.05, 0) is 48.5 Å². The lowest BCUT2D eigenvalue weighted by atomic mass is 10.3. The lowest BCUT2D eigenvalue weighted by Crippen LogP contribution is -2.13. The molecule has 0 saturated heterocycles. The van der Waals surface area contributed by atoms with Crippen molar-refractivity contribution in [2.24, 2.45) is 0 Å². The van der Waals surface area contributed by atoms with Crippen molar-refractivity contribution < 1.29 is 18.0 Å². The highest BCUT2D eigenvalue weighted by atomic mass is 32.2. The van der Waals surface area contributed by atoms with Gasteiger partial charge >= 0.3 is 0 Å². The summed E-state index contributed by atoms with van der Waals surface area (Å²) >= 11 is 2.67. The van der Waals surface area contributed by atoms with Crippen LogP contribution in [0.2, 0.25) is 0 Å². The summed E-state index contributed by atoms with van der Waals surface area (Å²) in [6.07, 6.45) is 1.54. The van der Waals surface area contributed by atoms with Gasteiger partial charge in [0.1, 0.15) is 22.3 Å². The highest BCUT2D eigenvalue weighted by Gasteiger charge is 2.19. The fraction of sp³-hybridized carbons (Fsp3) is 0.0435. The van der Waals surface area contributed by atoms with E-state index in [1.807, 2.05) is 0 Å². The second kappa shape index (κ2) is 9.57. The maximum Gasteiger partial charge on any atom is 0.275 e. The summed E-state index contributed by atoms with van der Waals surface area (Å²) in [6.45, 7) is 0. The van der Waals surface area contributed by atoms with Gasteiger partial charge in [-0.2, -0.15) is 0 Å². The number of para-hydroxylation sites is 1. The molecule has 170 valence electrons. The number of thiazole rings is 1. The topological polar surface area (TPSA) is 85.8 Å². The van der Waals surface area contributed by atoms with E-state index < -0.39 is 11.7 Å². The molecule has 3 aromatic heterocycles. The third kappa shape index (κ3) is 4.61. The van der Waals surface area contributed by atoms with Crippen molar-refractivity contribution in [1.82, 2.24) is 19.7 Å². The fourth-order valence-electron chi connectivity index (χ4n) is 3.11. The Morgan fingerprint density at radius 3 is 2.65 bits per heavy atom. The van der Waals surface area contributed by atoms with Gasteiger partial charge in [0, 0.05) is 5.38 Å². The number of aromatic nitrogens is 4. The third-order valence-electron chi connectivity index (χ3n) is 4.69. The first kappa shape index (κ1) is 22.0. The standard InChI is InChI=1S/C23H15F2N5O2S2/c24-14-7-9-15(10-8-14)30-21(19-6-3-11-32-19)28-29-23(30)34-13-20-26-18(12-33-20)22(31)27-17-5-2-1-4-16(17)25/h1-12H,13H2,(H,27,31). The Labute approximate surface area is 200 Å². The largest absolute Gasteiger partial charge is 0.461 e. The summed E-state index contributed by atoms with van der Waals surface area (Å²) in [5.41, 5.74) is 0.957. The van der Waals surface area contributed by atoms with Crippen LogP contribution < -0.4 is 5.32 Å². The highest BCUT2D eigenvalue weighted by molar-refractivity contribution is 7.98. The summed E-state index contributed by atoms with van der Waals surface area (Å²) in [5, 5.41) is 13.9. The molecule has 0 unspecified atom stereocenters. The molecule has 0 saturated carbocycles. The summed E-state index contributed by atoms with van der Waals surface area (Å²) in [6, 6.07) is 15.4. The van der Waals surface area contributed by atoms with Crippen LogP contribution in [0.1, 0.15) is 15.5 Å². The van der Waals surface area contributed by atoms with Crippen molar-refractivity contribution in [3.8, 4) is 17.3 Å². The molecule has 5 rings (SSSR count). The quantitative estimate of drug-likeness (QED) is 0.287. The number of carbonyl (C=O) groups excluding carboxylic acids is 1. The number of hydrogen-bond donors (Lipinski definition) is 1. The predicted molar refractivity (Wildman–Crippen MR) is 125 cm³/mol. The molecule has 2 aromatic carbocycles. The van der Waals surface area contributed by atoms with Gasteiger partial charge in [0.25, 0.3) is 5.91 Å². The first-order valence-corrected chi connectivity index (χ1v) is 11.8. The van der Waals surface area contributed by atoms with E-state index >= 15 is 0 Å². The second-order valence-electron chi connectivity index (χ2n) is 6.94. The number of benzene rings is 2. The maximum absolute atomic E-state index is 13.8. The Kier molecular flexibility index (Phi) is 6.19. The van der Waals surface area contributed by atoms with Crippen LogP contribution in [0.4, 0.5) is 14.5 Å². The molecular formula is C23H15F2N5O2S2. The Hall–Kier alpha value is -3.83. The normalized spacial score (nSPS) is 11.0. The van der Waals surface area contributed by atoms with E-state index in [1.54, 1.807) is 46.3 Å². The summed E-state index contributed by atoms with van der Waals surface area (Å²) in [4.78, 5) is 16.8. The number of hydrogen-bond acceptors (Lipinski definition) is 7. The van der Waals surface area contributed by atoms with E-state index in [0.29, 0.717) is 33.2 Å². The van der Waals surface area contributed by atoms with Crippen LogP contribution >= 0.6 is 23.1 Å². The minimum atomic E-state index is -0.519. The lowest BCUT2D eigenvalue weighted by Gasteiger charge is -2.08. The second-order valence-corrected chi connectivity index (χ2v) is 8.83. The number of carbonyl (C=O) groups is 1. The van der Waals surface area contributed by atoms with Crippen LogP contribution in [-0.4, -0.2) is 25.7 Å². The molecule has 3 heterocycles. The number of furan rings is 1. The molecule has 7 nitrogen and oxygen atoms in total. The van der Waals surface area contributed by atoms with Crippen LogP contribution in [-0.2, 0) is 5.75 Å². The molecular weight excluding hydrogens is 480 g/mol. The van der Waals surface area contributed by atoms with E-state index in [-0.39, 0.29) is 17.2 Å². The Morgan fingerprint density at radius 2 is 1.88 bits per heavy atom. The minimum absolute atomic E-state index is 0.0919. The first-order chi connectivity index (χ1) is 16.6. The van der Waals surface area contributed by atoms with Crippen molar-refractivity contribution >= 4 is 34.7 Å². The van der Waals surface area contributed by atoms with Gasteiger partial charge in [0.05, 0.1) is 23.4 Å². The number of rotatable bonds is 7. The number of nitrogens with zero attached hydrogens (tertiary/aromatic N) is 4. The molecule has 1 amide bonds. The molecule has 0 fully saturated rings. The average molecular weight is 496 g/mol. The van der Waals surface area contributed by atoms with Crippen LogP contribution in [0.15, 0.2) is 81.9 Å². The highest BCUT2D eigenvalue weighted by Crippen LogP contribution is 2.30. The molecule has 1 N–H and O–H groups in total. The van der Waals surface area contributed by atoms with Gasteiger partial charge in [-0.25, -0.2) is 13.8 Å². The van der Waals surface area contributed by atoms with Gasteiger partial charge in [-0.3, -0.25) is 9.36 Å². The van der Waals surface area contributed by atoms with E-state index in [0.717, 1.165) is 0 Å². The zero-order valence-electron chi connectivity index (χ0n) is 17.3. The lowest BCUT2D eigenvalue weighted by molar-refractivity contribution is 0.102. The summed E-state index contributed by atoms with van der Waals surface area (Å²) < 4.78 is 34.5. The average Bonchev–Trinajstić information content (AvgIpc) is 3.60. The minimum Gasteiger partial charge on any atom is -0.461 e. The fourth-order valence-corrected chi connectivity index (χ4v) is 4.85. The van der Waals surface area contributed by atoms with Crippen molar-refractivity contribution in [1.29, 1.82) is 0 Å². The molecule has 34 heavy (non-hydrogen) atoms. The number of amides is 1. The molecule has 0 spiro atoms. The molecule has 0 bridgehead atoms. The summed E-state index contributed by atoms with van der Waals surface area (Å²) in [7, 11) is 0. The molecule has 0 aliphatic heterocycles. The third-order valence-corrected chi connectivity index (χ3v) is 6.66. The van der Waals surface area contributed by atoms with Crippen LogP contribution in [0.25, 0.3) is 17.3 Å². The molecule has 11 heteroatoms. The number of nitrogens with one attached hydrogen (secondary N) is 1. The van der Waals surface area contributed by atoms with E-state index in [4.69, 9.17) is 4.42 Å². The number of halogens is 2. The SMILES string of the molecule is O=C(Nc1ccccc1F)c1csc(CSc2nnc(-c3ccco3)n2-c2ccc(F)cc2)n1. The van der Waals surface area contributed by atoms with E-state index in [1.165, 1.54) is 53.6 Å². The van der Waals surface area contributed by atoms with Crippen LogP contribution in [0.3, 0.4) is 0 Å². The Morgan fingerprint density at radius 1 is 1.06 bits per heavy atom. The van der Waals surface area contributed by atoms with Gasteiger partial charge < -0.3 is 9.73 Å². The molecule has 0 atom stereocenters.